The van der Waals surface area contributed by atoms with E-state index in [1.807, 2.05) is 37.3 Å². The first-order chi connectivity index (χ1) is 11.8. The van der Waals surface area contributed by atoms with Crippen LogP contribution in [0.3, 0.4) is 0 Å². The highest BCUT2D eigenvalue weighted by atomic mass is 32.2. The highest BCUT2D eigenvalue weighted by Gasteiger charge is 2.18. The maximum absolute atomic E-state index is 5.41. The van der Waals surface area contributed by atoms with E-state index in [0.29, 0.717) is 11.7 Å². The molecule has 0 aliphatic heterocycles. The second-order valence-corrected chi connectivity index (χ2v) is 9.03. The predicted octanol–water partition coefficient (Wildman–Crippen LogP) is 5.33. The van der Waals surface area contributed by atoms with Crippen molar-refractivity contribution in [1.82, 2.24) is 20.3 Å². The van der Waals surface area contributed by atoms with Crippen LogP contribution < -0.4 is 0 Å². The molecule has 0 N–H and O–H groups in total. The highest BCUT2D eigenvalue weighted by Crippen LogP contribution is 2.38. The first-order valence-electron chi connectivity index (χ1n) is 7.78. The molecule has 5 nitrogen and oxygen atoms in total. The largest absolute Gasteiger partial charge is 0.338 e. The van der Waals surface area contributed by atoms with Gasteiger partial charge in [-0.2, -0.15) is 4.98 Å². The van der Waals surface area contributed by atoms with Crippen LogP contribution >= 0.6 is 34.9 Å². The lowest BCUT2D eigenvalue weighted by atomic mass is 10.2. The Morgan fingerprint density at radius 3 is 2.75 bits per heavy atom. The van der Waals surface area contributed by atoms with Crippen LogP contribution in [0.25, 0.3) is 11.4 Å². The molecule has 0 spiro atoms. The van der Waals surface area contributed by atoms with Gasteiger partial charge in [-0.3, -0.25) is 0 Å². The summed E-state index contributed by atoms with van der Waals surface area (Å²) in [5, 5.41) is 12.6. The van der Waals surface area contributed by atoms with Gasteiger partial charge in [0.2, 0.25) is 11.7 Å². The van der Waals surface area contributed by atoms with E-state index in [1.54, 1.807) is 34.9 Å². The molecular formula is C16H18N4OS3. The number of hydrogen-bond donors (Lipinski definition) is 0. The third-order valence-electron chi connectivity index (χ3n) is 3.21. The number of nitrogens with zero attached hydrogens (tertiary/aromatic N) is 4. The van der Waals surface area contributed by atoms with E-state index < -0.39 is 0 Å². The fourth-order valence-corrected chi connectivity index (χ4v) is 5.26. The third kappa shape index (κ3) is 4.58. The quantitative estimate of drug-likeness (QED) is 0.387. The van der Waals surface area contributed by atoms with E-state index in [9.17, 15) is 0 Å². The Hall–Kier alpha value is -1.38. The van der Waals surface area contributed by atoms with Gasteiger partial charge in [0.05, 0.1) is 5.25 Å². The van der Waals surface area contributed by atoms with E-state index in [4.69, 9.17) is 4.52 Å². The standard InChI is InChI=1S/C16H18N4OS3/c1-3-4-10-22-15-18-19-16(24-15)23-11(2)14-17-13(20-21-14)12-8-6-5-7-9-12/h5-9,11H,3-4,10H2,1-2H3. The van der Waals surface area contributed by atoms with Crippen molar-refractivity contribution in [2.75, 3.05) is 5.75 Å². The SMILES string of the molecule is CCCCSc1nnc(SC(C)c2nc(-c3ccccc3)no2)s1. The Kier molecular flexibility index (Phi) is 6.28. The molecular weight excluding hydrogens is 360 g/mol. The van der Waals surface area contributed by atoms with Crippen LogP contribution in [0.1, 0.15) is 37.8 Å². The van der Waals surface area contributed by atoms with Crippen molar-refractivity contribution in [3.05, 3.63) is 36.2 Å². The fourth-order valence-electron chi connectivity index (χ4n) is 1.91. The molecule has 0 saturated heterocycles. The predicted molar refractivity (Wildman–Crippen MR) is 99.5 cm³/mol. The molecule has 1 atom stereocenters. The normalized spacial score (nSPS) is 12.4. The minimum absolute atomic E-state index is 0.0383. The van der Waals surface area contributed by atoms with Crippen molar-refractivity contribution in [1.29, 1.82) is 0 Å². The van der Waals surface area contributed by atoms with Crippen LogP contribution in [0.2, 0.25) is 0 Å². The van der Waals surface area contributed by atoms with Crippen molar-refractivity contribution in [2.45, 2.75) is 40.6 Å². The second-order valence-electron chi connectivity index (χ2n) is 5.12. The van der Waals surface area contributed by atoms with Gasteiger partial charge in [0.25, 0.3) is 0 Å². The highest BCUT2D eigenvalue weighted by molar-refractivity contribution is 8.03. The number of rotatable bonds is 8. The maximum Gasteiger partial charge on any atom is 0.240 e. The summed E-state index contributed by atoms with van der Waals surface area (Å²) >= 11 is 4.99. The molecule has 2 aromatic heterocycles. The monoisotopic (exact) mass is 378 g/mol. The van der Waals surface area contributed by atoms with Crippen LogP contribution in [0, 0.1) is 0 Å². The number of unbranched alkanes of at least 4 members (excludes halogenated alkanes) is 1. The summed E-state index contributed by atoms with van der Waals surface area (Å²) in [6.45, 7) is 4.23. The maximum atomic E-state index is 5.41. The fraction of sp³-hybridized carbons (Fsp3) is 0.375. The van der Waals surface area contributed by atoms with E-state index in [1.165, 1.54) is 12.8 Å². The molecule has 8 heteroatoms. The van der Waals surface area contributed by atoms with Crippen LogP contribution in [0.4, 0.5) is 0 Å². The second kappa shape index (κ2) is 8.64. The topological polar surface area (TPSA) is 64.7 Å². The molecule has 3 aromatic rings. The van der Waals surface area contributed by atoms with Crippen molar-refractivity contribution in [2.24, 2.45) is 0 Å². The average molecular weight is 379 g/mol. The average Bonchev–Trinajstić information content (AvgIpc) is 3.26. The smallest absolute Gasteiger partial charge is 0.240 e. The first-order valence-corrected chi connectivity index (χ1v) is 10.5. The van der Waals surface area contributed by atoms with Gasteiger partial charge in [-0.05, 0) is 13.3 Å². The molecule has 3 rings (SSSR count). The van der Waals surface area contributed by atoms with Gasteiger partial charge in [0.1, 0.15) is 0 Å². The Morgan fingerprint density at radius 1 is 1.17 bits per heavy atom. The molecule has 0 radical (unpaired) electrons. The number of aromatic nitrogens is 4. The minimum Gasteiger partial charge on any atom is -0.338 e. The van der Waals surface area contributed by atoms with Crippen LogP contribution in [0.5, 0.6) is 0 Å². The van der Waals surface area contributed by atoms with Crippen LogP contribution in [-0.4, -0.2) is 26.1 Å². The zero-order chi connectivity index (χ0) is 16.8. The van der Waals surface area contributed by atoms with Crippen LogP contribution in [0.15, 0.2) is 43.5 Å². The van der Waals surface area contributed by atoms with E-state index >= 15 is 0 Å². The summed E-state index contributed by atoms with van der Waals surface area (Å²) in [6.07, 6.45) is 2.40. The number of thioether (sulfide) groups is 2. The molecule has 1 unspecified atom stereocenters. The Balaban J connectivity index is 1.61. The molecule has 0 amide bonds. The third-order valence-corrected chi connectivity index (χ3v) is 6.53. The number of benzene rings is 1. The van der Waals surface area contributed by atoms with Gasteiger partial charge in [0.15, 0.2) is 8.68 Å². The first kappa shape index (κ1) is 17.4. The van der Waals surface area contributed by atoms with Crippen molar-refractivity contribution < 1.29 is 4.52 Å². The van der Waals surface area contributed by atoms with E-state index in [0.717, 1.165) is 20.0 Å². The Morgan fingerprint density at radius 2 is 1.96 bits per heavy atom. The molecule has 2 heterocycles. The number of hydrogen-bond acceptors (Lipinski definition) is 8. The molecule has 0 saturated carbocycles. The summed E-state index contributed by atoms with van der Waals surface area (Å²) in [5.41, 5.74) is 0.954. The van der Waals surface area contributed by atoms with Gasteiger partial charge in [-0.25, -0.2) is 0 Å². The van der Waals surface area contributed by atoms with Gasteiger partial charge >= 0.3 is 0 Å². The zero-order valence-corrected chi connectivity index (χ0v) is 16.0. The zero-order valence-electron chi connectivity index (χ0n) is 13.5. The van der Waals surface area contributed by atoms with Gasteiger partial charge in [0, 0.05) is 11.3 Å². The van der Waals surface area contributed by atoms with Gasteiger partial charge in [-0.1, -0.05) is 83.7 Å². The summed E-state index contributed by atoms with van der Waals surface area (Å²) in [4.78, 5) is 4.50. The minimum atomic E-state index is 0.0383. The summed E-state index contributed by atoms with van der Waals surface area (Å²) in [6, 6.07) is 9.83. The van der Waals surface area contributed by atoms with E-state index in [-0.39, 0.29) is 5.25 Å². The summed E-state index contributed by atoms with van der Waals surface area (Å²) in [5.74, 6) is 2.32. The lowest BCUT2D eigenvalue weighted by Crippen LogP contribution is -1.88. The summed E-state index contributed by atoms with van der Waals surface area (Å²) in [7, 11) is 0. The molecule has 0 aliphatic carbocycles. The molecule has 0 aliphatic rings. The van der Waals surface area contributed by atoms with Gasteiger partial charge in [-0.15, -0.1) is 10.2 Å². The van der Waals surface area contributed by atoms with Crippen molar-refractivity contribution in [3.63, 3.8) is 0 Å². The molecule has 0 bridgehead atoms. The molecule has 1 aromatic carbocycles. The lowest BCUT2D eigenvalue weighted by Gasteiger charge is -2.01. The lowest BCUT2D eigenvalue weighted by molar-refractivity contribution is 0.381. The van der Waals surface area contributed by atoms with Gasteiger partial charge < -0.3 is 4.52 Å². The molecule has 0 fully saturated rings. The van der Waals surface area contributed by atoms with Crippen molar-refractivity contribution >= 4 is 34.9 Å². The molecule has 126 valence electrons. The van der Waals surface area contributed by atoms with E-state index in [2.05, 4.69) is 27.3 Å². The Labute approximate surface area is 153 Å². The van der Waals surface area contributed by atoms with Crippen LogP contribution in [-0.2, 0) is 0 Å². The van der Waals surface area contributed by atoms with Crippen molar-refractivity contribution in [3.8, 4) is 11.4 Å². The Bertz CT molecular complexity index is 760. The summed E-state index contributed by atoms with van der Waals surface area (Å²) < 4.78 is 7.36. The molecule has 24 heavy (non-hydrogen) atoms.